The highest BCUT2D eigenvalue weighted by Gasteiger charge is 2.14. The summed E-state index contributed by atoms with van der Waals surface area (Å²) >= 11 is 0. The van der Waals surface area contributed by atoms with E-state index in [1.54, 1.807) is 0 Å². The van der Waals surface area contributed by atoms with Gasteiger partial charge in [-0.3, -0.25) is 4.98 Å². The quantitative estimate of drug-likeness (QED) is 0.718. The van der Waals surface area contributed by atoms with Crippen LogP contribution in [0.15, 0.2) is 30.5 Å². The Morgan fingerprint density at radius 2 is 1.83 bits per heavy atom. The van der Waals surface area contributed by atoms with Crippen molar-refractivity contribution in [2.45, 2.75) is 47.1 Å². The van der Waals surface area contributed by atoms with Gasteiger partial charge in [0.25, 0.3) is 0 Å². The van der Waals surface area contributed by atoms with Crippen LogP contribution in [0.4, 0.5) is 0 Å². The van der Waals surface area contributed by atoms with Crippen LogP contribution in [0.25, 0.3) is 10.9 Å². The van der Waals surface area contributed by atoms with Gasteiger partial charge < -0.3 is 9.72 Å². The molecule has 0 saturated heterocycles. The van der Waals surface area contributed by atoms with Crippen LogP contribution in [0.2, 0.25) is 0 Å². The summed E-state index contributed by atoms with van der Waals surface area (Å²) in [6.45, 7) is 9.06. The summed E-state index contributed by atoms with van der Waals surface area (Å²) < 4.78 is 5.92. The number of aromatic amines is 1. The van der Waals surface area contributed by atoms with E-state index in [2.05, 4.69) is 49.8 Å². The zero-order chi connectivity index (χ0) is 16.4. The van der Waals surface area contributed by atoms with Gasteiger partial charge in [-0.25, -0.2) is 0 Å². The second-order valence-electron chi connectivity index (χ2n) is 6.21. The second kappa shape index (κ2) is 6.45. The molecule has 3 heteroatoms. The predicted molar refractivity (Wildman–Crippen MR) is 95.1 cm³/mol. The average Bonchev–Trinajstić information content (AvgIpc) is 2.84. The molecule has 0 fully saturated rings. The minimum absolute atomic E-state index is 0.478. The van der Waals surface area contributed by atoms with Gasteiger partial charge >= 0.3 is 0 Å². The summed E-state index contributed by atoms with van der Waals surface area (Å²) in [5, 5.41) is 1.32. The van der Waals surface area contributed by atoms with E-state index in [0.717, 1.165) is 29.8 Å². The monoisotopic (exact) mass is 308 g/mol. The first-order chi connectivity index (χ1) is 11.1. The summed E-state index contributed by atoms with van der Waals surface area (Å²) in [5.74, 6) is 0.878. The molecule has 23 heavy (non-hydrogen) atoms. The van der Waals surface area contributed by atoms with Gasteiger partial charge in [0.05, 0.1) is 5.52 Å². The zero-order valence-corrected chi connectivity index (χ0v) is 14.4. The van der Waals surface area contributed by atoms with Gasteiger partial charge in [-0.2, -0.15) is 0 Å². The molecule has 0 radical (unpaired) electrons. The number of rotatable bonds is 5. The van der Waals surface area contributed by atoms with Crippen LogP contribution < -0.4 is 4.74 Å². The first-order valence-electron chi connectivity index (χ1n) is 8.25. The number of aromatic nitrogens is 2. The molecule has 0 aliphatic rings. The van der Waals surface area contributed by atoms with Gasteiger partial charge in [-0.05, 0) is 50.5 Å². The number of hydrogen-bond acceptors (Lipinski definition) is 2. The summed E-state index contributed by atoms with van der Waals surface area (Å²) in [4.78, 5) is 8.15. The van der Waals surface area contributed by atoms with Crippen molar-refractivity contribution >= 4 is 10.9 Å². The summed E-state index contributed by atoms with van der Waals surface area (Å²) in [5.41, 5.74) is 7.18. The molecule has 3 aromatic rings. The Kier molecular flexibility index (Phi) is 4.37. The number of pyridine rings is 1. The molecule has 0 saturated carbocycles. The van der Waals surface area contributed by atoms with E-state index in [1.807, 2.05) is 18.3 Å². The lowest BCUT2D eigenvalue weighted by Crippen LogP contribution is -2.01. The van der Waals surface area contributed by atoms with Crippen LogP contribution in [0.3, 0.4) is 0 Å². The Morgan fingerprint density at radius 1 is 1.09 bits per heavy atom. The molecule has 2 heterocycles. The number of nitrogens with one attached hydrogen (secondary N) is 1. The smallest absolute Gasteiger partial charge is 0.132 e. The number of aryl methyl sites for hydroxylation is 4. The van der Waals surface area contributed by atoms with Crippen molar-refractivity contribution < 1.29 is 4.74 Å². The SMILES string of the molecule is CCCc1cnc(COc2ccc(C)cc2)c2[nH]c(C)c(C)c12. The standard InChI is InChI=1S/C20H24N2O/c1-5-6-16-11-21-18(20-19(16)14(3)15(4)22-20)12-23-17-9-7-13(2)8-10-17/h7-11,22H,5-6,12H2,1-4H3. The molecule has 120 valence electrons. The molecule has 0 bridgehead atoms. The topological polar surface area (TPSA) is 37.9 Å². The average molecular weight is 308 g/mol. The molecule has 0 amide bonds. The lowest BCUT2D eigenvalue weighted by molar-refractivity contribution is 0.302. The fourth-order valence-corrected chi connectivity index (χ4v) is 2.98. The molecule has 0 spiro atoms. The Bertz CT molecular complexity index is 816. The van der Waals surface area contributed by atoms with Crippen molar-refractivity contribution in [1.82, 2.24) is 9.97 Å². The maximum atomic E-state index is 5.92. The highest BCUT2D eigenvalue weighted by atomic mass is 16.5. The van der Waals surface area contributed by atoms with Crippen molar-refractivity contribution in [2.24, 2.45) is 0 Å². The molecule has 0 aliphatic carbocycles. The number of fused-ring (bicyclic) bond motifs is 1. The van der Waals surface area contributed by atoms with E-state index in [1.165, 1.54) is 27.8 Å². The van der Waals surface area contributed by atoms with Gasteiger partial charge in [0.1, 0.15) is 18.1 Å². The van der Waals surface area contributed by atoms with Crippen LogP contribution >= 0.6 is 0 Å². The van der Waals surface area contributed by atoms with Crippen LogP contribution in [-0.2, 0) is 13.0 Å². The maximum Gasteiger partial charge on any atom is 0.132 e. The normalized spacial score (nSPS) is 11.1. The fourth-order valence-electron chi connectivity index (χ4n) is 2.98. The number of H-pyrrole nitrogens is 1. The molecule has 2 aromatic heterocycles. The number of benzene rings is 1. The van der Waals surface area contributed by atoms with E-state index in [-0.39, 0.29) is 0 Å². The summed E-state index contributed by atoms with van der Waals surface area (Å²) in [7, 11) is 0. The second-order valence-corrected chi connectivity index (χ2v) is 6.21. The Morgan fingerprint density at radius 3 is 2.52 bits per heavy atom. The van der Waals surface area contributed by atoms with Gasteiger partial charge in [0, 0.05) is 17.3 Å². The highest BCUT2D eigenvalue weighted by molar-refractivity contribution is 5.89. The van der Waals surface area contributed by atoms with Crippen molar-refractivity contribution in [3.8, 4) is 5.75 Å². The fraction of sp³-hybridized carbons (Fsp3) is 0.350. The zero-order valence-electron chi connectivity index (χ0n) is 14.4. The molecule has 3 nitrogen and oxygen atoms in total. The first kappa shape index (κ1) is 15.6. The van der Waals surface area contributed by atoms with Crippen molar-refractivity contribution in [3.05, 3.63) is 58.5 Å². The van der Waals surface area contributed by atoms with Gasteiger partial charge in [-0.15, -0.1) is 0 Å². The van der Waals surface area contributed by atoms with E-state index < -0.39 is 0 Å². The first-order valence-corrected chi connectivity index (χ1v) is 8.25. The largest absolute Gasteiger partial charge is 0.487 e. The lowest BCUT2D eigenvalue weighted by Gasteiger charge is -2.09. The third kappa shape index (κ3) is 3.09. The van der Waals surface area contributed by atoms with Gasteiger partial charge in [0.15, 0.2) is 0 Å². The third-order valence-corrected chi connectivity index (χ3v) is 4.40. The van der Waals surface area contributed by atoms with E-state index in [9.17, 15) is 0 Å². The van der Waals surface area contributed by atoms with Crippen molar-refractivity contribution in [3.63, 3.8) is 0 Å². The number of ether oxygens (including phenoxy) is 1. The Hall–Kier alpha value is -2.29. The minimum atomic E-state index is 0.478. The predicted octanol–water partition coefficient (Wildman–Crippen LogP) is 5.02. The van der Waals surface area contributed by atoms with Gasteiger partial charge in [-0.1, -0.05) is 31.0 Å². The molecule has 0 unspecified atom stereocenters. The number of nitrogens with zero attached hydrogens (tertiary/aromatic N) is 1. The van der Waals surface area contributed by atoms with Gasteiger partial charge in [0.2, 0.25) is 0 Å². The minimum Gasteiger partial charge on any atom is -0.487 e. The van der Waals surface area contributed by atoms with Crippen LogP contribution in [-0.4, -0.2) is 9.97 Å². The molecule has 1 N–H and O–H groups in total. The molecular weight excluding hydrogens is 284 g/mol. The molecular formula is C20H24N2O. The maximum absolute atomic E-state index is 5.92. The van der Waals surface area contributed by atoms with E-state index >= 15 is 0 Å². The van der Waals surface area contributed by atoms with Crippen molar-refractivity contribution in [1.29, 1.82) is 0 Å². The molecule has 0 aliphatic heterocycles. The highest BCUT2D eigenvalue weighted by Crippen LogP contribution is 2.28. The summed E-state index contributed by atoms with van der Waals surface area (Å²) in [6, 6.07) is 8.13. The van der Waals surface area contributed by atoms with Crippen molar-refractivity contribution in [2.75, 3.05) is 0 Å². The van der Waals surface area contributed by atoms with Crippen LogP contribution in [0.5, 0.6) is 5.75 Å². The lowest BCUT2D eigenvalue weighted by atomic mass is 10.0. The van der Waals surface area contributed by atoms with Crippen LogP contribution in [0, 0.1) is 20.8 Å². The van der Waals surface area contributed by atoms with Crippen LogP contribution in [0.1, 0.15) is 41.4 Å². The Labute approximate surface area is 137 Å². The Balaban J connectivity index is 1.93. The summed E-state index contributed by atoms with van der Waals surface area (Å²) in [6.07, 6.45) is 4.19. The third-order valence-electron chi connectivity index (χ3n) is 4.40. The molecule has 3 rings (SSSR count). The van der Waals surface area contributed by atoms with E-state index in [0.29, 0.717) is 6.61 Å². The van der Waals surface area contributed by atoms with E-state index in [4.69, 9.17) is 4.74 Å². The molecule has 1 aromatic carbocycles. The molecule has 0 atom stereocenters. The number of hydrogen-bond donors (Lipinski definition) is 1.